The van der Waals surface area contributed by atoms with E-state index in [1.54, 1.807) is 0 Å². The van der Waals surface area contributed by atoms with Crippen molar-refractivity contribution in [3.8, 4) is 0 Å². The predicted molar refractivity (Wildman–Crippen MR) is 83.8 cm³/mol. The average molecular weight is 278 g/mol. The highest BCUT2D eigenvalue weighted by Gasteiger charge is 2.28. The van der Waals surface area contributed by atoms with E-state index in [9.17, 15) is 0 Å². The van der Waals surface area contributed by atoms with Gasteiger partial charge < -0.3 is 5.32 Å². The molecule has 0 aromatic carbocycles. The van der Waals surface area contributed by atoms with E-state index in [0.717, 1.165) is 32.6 Å². The van der Waals surface area contributed by atoms with Gasteiger partial charge >= 0.3 is 0 Å². The van der Waals surface area contributed by atoms with Gasteiger partial charge in [-0.1, -0.05) is 20.8 Å². The van der Waals surface area contributed by atoms with Crippen LogP contribution in [-0.2, 0) is 19.5 Å². The first kappa shape index (κ1) is 15.5. The van der Waals surface area contributed by atoms with E-state index in [-0.39, 0.29) is 0 Å². The first-order valence-electron chi connectivity index (χ1n) is 8.08. The number of piperazine rings is 1. The van der Waals surface area contributed by atoms with E-state index in [1.165, 1.54) is 11.4 Å². The molecule has 0 aliphatic carbocycles. The second-order valence-electron chi connectivity index (χ2n) is 6.35. The van der Waals surface area contributed by atoms with Crippen molar-refractivity contribution in [3.05, 3.63) is 17.5 Å². The highest BCUT2D eigenvalue weighted by atomic mass is 15.3. The lowest BCUT2D eigenvalue weighted by molar-refractivity contribution is 0.0927. The summed E-state index contributed by atoms with van der Waals surface area (Å²) >= 11 is 0. The maximum atomic E-state index is 4.68. The van der Waals surface area contributed by atoms with E-state index < -0.39 is 0 Å². The third-order valence-electron chi connectivity index (χ3n) is 4.36. The van der Waals surface area contributed by atoms with Crippen LogP contribution in [-0.4, -0.2) is 39.9 Å². The largest absolute Gasteiger partial charge is 0.311 e. The maximum Gasteiger partial charge on any atom is 0.0625 e. The summed E-state index contributed by atoms with van der Waals surface area (Å²) in [6, 6.07) is 3.48. The molecule has 1 aromatic heterocycles. The number of nitrogens with one attached hydrogen (secondary N) is 1. The second-order valence-corrected chi connectivity index (χ2v) is 6.35. The van der Waals surface area contributed by atoms with E-state index in [1.807, 2.05) is 0 Å². The molecule has 114 valence electrons. The van der Waals surface area contributed by atoms with Crippen LogP contribution in [0.15, 0.2) is 6.07 Å². The number of nitrogens with zero attached hydrogens (tertiary/aromatic N) is 3. The van der Waals surface area contributed by atoms with Crippen molar-refractivity contribution in [2.24, 2.45) is 5.92 Å². The smallest absolute Gasteiger partial charge is 0.0625 e. The molecule has 1 aromatic rings. The number of hydrogen-bond acceptors (Lipinski definition) is 3. The zero-order valence-electron chi connectivity index (χ0n) is 13.7. The number of aryl methyl sites for hydroxylation is 2. The van der Waals surface area contributed by atoms with Gasteiger partial charge in [-0.3, -0.25) is 9.58 Å². The van der Waals surface area contributed by atoms with Crippen LogP contribution in [0.5, 0.6) is 0 Å². The monoisotopic (exact) mass is 278 g/mol. The Morgan fingerprint density at radius 2 is 2.15 bits per heavy atom. The van der Waals surface area contributed by atoms with Crippen molar-refractivity contribution >= 4 is 0 Å². The molecule has 0 saturated carbocycles. The van der Waals surface area contributed by atoms with Crippen molar-refractivity contribution in [1.82, 2.24) is 20.0 Å². The first-order chi connectivity index (χ1) is 9.55. The predicted octanol–water partition coefficient (Wildman–Crippen LogP) is 2.28. The summed E-state index contributed by atoms with van der Waals surface area (Å²) in [7, 11) is 0. The van der Waals surface area contributed by atoms with Crippen LogP contribution in [0, 0.1) is 5.92 Å². The highest BCUT2D eigenvalue weighted by molar-refractivity contribution is 5.11. The molecule has 1 saturated heterocycles. The van der Waals surface area contributed by atoms with E-state index in [2.05, 4.69) is 60.7 Å². The Kier molecular flexibility index (Phi) is 5.22. The normalized spacial score (nSPS) is 24.5. The van der Waals surface area contributed by atoms with Crippen LogP contribution in [0.1, 0.15) is 46.0 Å². The van der Waals surface area contributed by atoms with Crippen LogP contribution >= 0.6 is 0 Å². The fourth-order valence-corrected chi connectivity index (χ4v) is 3.14. The molecule has 1 aliphatic heterocycles. The molecular weight excluding hydrogens is 248 g/mol. The second kappa shape index (κ2) is 6.72. The van der Waals surface area contributed by atoms with Crippen molar-refractivity contribution in [3.63, 3.8) is 0 Å². The Morgan fingerprint density at radius 1 is 1.40 bits per heavy atom. The minimum absolute atomic E-state index is 0.577. The van der Waals surface area contributed by atoms with Gasteiger partial charge in [-0.05, 0) is 32.3 Å². The molecule has 20 heavy (non-hydrogen) atoms. The summed E-state index contributed by atoms with van der Waals surface area (Å²) in [4.78, 5) is 2.63. The Morgan fingerprint density at radius 3 is 2.75 bits per heavy atom. The van der Waals surface area contributed by atoms with Crippen LogP contribution in [0.3, 0.4) is 0 Å². The summed E-state index contributed by atoms with van der Waals surface area (Å²) in [6.45, 7) is 15.5. The summed E-state index contributed by atoms with van der Waals surface area (Å²) in [5.41, 5.74) is 2.58. The van der Waals surface area contributed by atoms with Crippen LogP contribution in [0.2, 0.25) is 0 Å². The molecule has 2 atom stereocenters. The molecule has 2 rings (SSSR count). The van der Waals surface area contributed by atoms with Crippen molar-refractivity contribution in [2.45, 2.75) is 66.2 Å². The summed E-state index contributed by atoms with van der Waals surface area (Å²) in [6.07, 6.45) is 1.02. The number of aromatic nitrogens is 2. The molecule has 0 radical (unpaired) electrons. The lowest BCUT2D eigenvalue weighted by atomic mass is 9.98. The minimum atomic E-state index is 0.577. The van der Waals surface area contributed by atoms with E-state index >= 15 is 0 Å². The van der Waals surface area contributed by atoms with Crippen LogP contribution in [0.25, 0.3) is 0 Å². The number of hydrogen-bond donors (Lipinski definition) is 1. The van der Waals surface area contributed by atoms with Gasteiger partial charge in [-0.2, -0.15) is 5.10 Å². The van der Waals surface area contributed by atoms with Gasteiger partial charge in [0.15, 0.2) is 0 Å². The van der Waals surface area contributed by atoms with Crippen LogP contribution < -0.4 is 5.32 Å². The fraction of sp³-hybridized carbons (Fsp3) is 0.812. The van der Waals surface area contributed by atoms with Crippen molar-refractivity contribution in [1.29, 1.82) is 0 Å². The topological polar surface area (TPSA) is 33.1 Å². The van der Waals surface area contributed by atoms with Gasteiger partial charge in [0.1, 0.15) is 0 Å². The van der Waals surface area contributed by atoms with Gasteiger partial charge in [0, 0.05) is 38.3 Å². The Balaban J connectivity index is 2.15. The van der Waals surface area contributed by atoms with E-state index in [0.29, 0.717) is 18.0 Å². The molecule has 0 amide bonds. The molecule has 4 nitrogen and oxygen atoms in total. The zero-order chi connectivity index (χ0) is 14.7. The van der Waals surface area contributed by atoms with Gasteiger partial charge in [0.05, 0.1) is 11.4 Å². The zero-order valence-corrected chi connectivity index (χ0v) is 13.7. The maximum absolute atomic E-state index is 4.68. The minimum Gasteiger partial charge on any atom is -0.311 e. The molecule has 2 unspecified atom stereocenters. The number of rotatable bonds is 5. The molecule has 1 N–H and O–H groups in total. The summed E-state index contributed by atoms with van der Waals surface area (Å²) in [5.74, 6) is 0.679. The van der Waals surface area contributed by atoms with Crippen molar-refractivity contribution < 1.29 is 0 Å². The molecule has 1 aliphatic rings. The Hall–Kier alpha value is -0.870. The molecule has 2 heterocycles. The third kappa shape index (κ3) is 3.41. The lowest BCUT2D eigenvalue weighted by Gasteiger charge is -2.41. The summed E-state index contributed by atoms with van der Waals surface area (Å²) < 4.78 is 2.17. The summed E-state index contributed by atoms with van der Waals surface area (Å²) in [5, 5.41) is 8.29. The molecule has 4 heteroatoms. The van der Waals surface area contributed by atoms with Gasteiger partial charge in [0.2, 0.25) is 0 Å². The first-order valence-corrected chi connectivity index (χ1v) is 8.08. The van der Waals surface area contributed by atoms with Crippen LogP contribution in [0.4, 0.5) is 0 Å². The Labute approximate surface area is 123 Å². The molecule has 0 bridgehead atoms. The molecule has 1 fully saturated rings. The lowest BCUT2D eigenvalue weighted by Crippen LogP contribution is -2.56. The average Bonchev–Trinajstić information content (AvgIpc) is 2.80. The molecular formula is C16H30N4. The standard InChI is InChI=1S/C16H30N4/c1-6-14-8-15(20(7-2)18-14)11-19-10-13(5)17-9-16(19)12(3)4/h8,12-13,16-17H,6-7,9-11H2,1-5H3. The fourth-order valence-electron chi connectivity index (χ4n) is 3.14. The van der Waals surface area contributed by atoms with Crippen molar-refractivity contribution in [2.75, 3.05) is 13.1 Å². The van der Waals surface area contributed by atoms with E-state index in [4.69, 9.17) is 0 Å². The third-order valence-corrected chi connectivity index (χ3v) is 4.36. The van der Waals surface area contributed by atoms with Gasteiger partial charge in [-0.15, -0.1) is 0 Å². The SMILES string of the molecule is CCc1cc(CN2CC(C)NCC2C(C)C)n(CC)n1. The van der Waals surface area contributed by atoms with Gasteiger partial charge in [0.25, 0.3) is 0 Å². The highest BCUT2D eigenvalue weighted by Crippen LogP contribution is 2.19. The molecule has 0 spiro atoms. The quantitative estimate of drug-likeness (QED) is 0.897. The Bertz CT molecular complexity index is 424. The van der Waals surface area contributed by atoms with Gasteiger partial charge in [-0.25, -0.2) is 0 Å².